The lowest BCUT2D eigenvalue weighted by molar-refractivity contribution is 0.504. The molecule has 2 aromatic carbocycles. The first-order chi connectivity index (χ1) is 9.70. The van der Waals surface area contributed by atoms with Gasteiger partial charge in [-0.25, -0.2) is 21.6 Å². The van der Waals surface area contributed by atoms with Gasteiger partial charge in [0.15, 0.2) is 11.6 Å². The molecule has 0 saturated carbocycles. The van der Waals surface area contributed by atoms with Crippen molar-refractivity contribution in [3.63, 3.8) is 0 Å². The Morgan fingerprint density at radius 1 is 1.00 bits per heavy atom. The van der Waals surface area contributed by atoms with E-state index < -0.39 is 32.4 Å². The molecule has 0 amide bonds. The van der Waals surface area contributed by atoms with Gasteiger partial charge in [-0.1, -0.05) is 0 Å². The lowest BCUT2D eigenvalue weighted by Gasteiger charge is -2.11. The Hall–Kier alpha value is -1.54. The van der Waals surface area contributed by atoms with Crippen LogP contribution in [0.5, 0.6) is 0 Å². The fourth-order valence-corrected chi connectivity index (χ4v) is 3.19. The number of rotatable bonds is 3. The fraction of sp³-hybridized carbons (Fsp3) is 0.0769. The molecule has 2 rings (SSSR count). The van der Waals surface area contributed by atoms with E-state index in [2.05, 4.69) is 20.7 Å². The van der Waals surface area contributed by atoms with Crippen molar-refractivity contribution in [3.8, 4) is 0 Å². The molecule has 0 aromatic heterocycles. The number of halogens is 4. The average Bonchev–Trinajstić information content (AvgIpc) is 2.39. The molecule has 1 N–H and O–H groups in total. The van der Waals surface area contributed by atoms with E-state index in [9.17, 15) is 21.6 Å². The summed E-state index contributed by atoms with van der Waals surface area (Å²) in [4.78, 5) is -0.455. The molecule has 0 aliphatic rings. The van der Waals surface area contributed by atoms with Crippen LogP contribution in [0.1, 0.15) is 5.56 Å². The second-order valence-electron chi connectivity index (χ2n) is 4.26. The molecule has 0 spiro atoms. The standard InChI is InChI=1S/C13H9BrF3NO2S/c1-7-4-9(14)11(16)6-13(7)18-21(19,20)8-2-3-10(15)12(17)5-8/h2-6,18H,1H3. The van der Waals surface area contributed by atoms with Gasteiger partial charge in [0.05, 0.1) is 15.1 Å². The summed E-state index contributed by atoms with van der Waals surface area (Å²) >= 11 is 2.98. The smallest absolute Gasteiger partial charge is 0.262 e. The van der Waals surface area contributed by atoms with Crippen LogP contribution in [-0.2, 0) is 10.0 Å². The van der Waals surface area contributed by atoms with E-state index in [1.807, 2.05) is 0 Å². The van der Waals surface area contributed by atoms with Crippen LogP contribution in [0.3, 0.4) is 0 Å². The van der Waals surface area contributed by atoms with Crippen LogP contribution in [0.25, 0.3) is 0 Å². The number of aryl methyl sites for hydroxylation is 1. The molecule has 0 aliphatic heterocycles. The molecule has 112 valence electrons. The summed E-state index contributed by atoms with van der Waals surface area (Å²) in [6.45, 7) is 1.58. The van der Waals surface area contributed by atoms with Crippen LogP contribution in [-0.4, -0.2) is 8.42 Å². The molecule has 0 unspecified atom stereocenters. The van der Waals surface area contributed by atoms with E-state index >= 15 is 0 Å². The highest BCUT2D eigenvalue weighted by atomic mass is 79.9. The predicted octanol–water partition coefficient (Wildman–Crippen LogP) is 3.98. The van der Waals surface area contributed by atoms with Gasteiger partial charge < -0.3 is 0 Å². The molecule has 8 heteroatoms. The Morgan fingerprint density at radius 2 is 1.67 bits per heavy atom. The molecular weight excluding hydrogens is 371 g/mol. The van der Waals surface area contributed by atoms with Crippen LogP contribution in [0, 0.1) is 24.4 Å². The van der Waals surface area contributed by atoms with Crippen molar-refractivity contribution in [1.29, 1.82) is 0 Å². The molecule has 0 atom stereocenters. The highest BCUT2D eigenvalue weighted by molar-refractivity contribution is 9.10. The van der Waals surface area contributed by atoms with Crippen LogP contribution < -0.4 is 4.72 Å². The van der Waals surface area contributed by atoms with Crippen molar-refractivity contribution in [2.75, 3.05) is 4.72 Å². The maximum Gasteiger partial charge on any atom is 0.262 e. The second kappa shape index (κ2) is 5.69. The highest BCUT2D eigenvalue weighted by Gasteiger charge is 2.18. The number of anilines is 1. The normalized spacial score (nSPS) is 11.5. The molecule has 0 radical (unpaired) electrons. The van der Waals surface area contributed by atoms with Crippen LogP contribution >= 0.6 is 15.9 Å². The molecular formula is C13H9BrF3NO2S. The summed E-state index contributed by atoms with van der Waals surface area (Å²) in [6.07, 6.45) is 0. The third-order valence-electron chi connectivity index (χ3n) is 2.71. The van der Waals surface area contributed by atoms with Gasteiger partial charge >= 0.3 is 0 Å². The highest BCUT2D eigenvalue weighted by Crippen LogP contribution is 2.26. The van der Waals surface area contributed by atoms with E-state index in [0.717, 1.165) is 12.1 Å². The molecule has 21 heavy (non-hydrogen) atoms. The van der Waals surface area contributed by atoms with Crippen LogP contribution in [0.4, 0.5) is 18.9 Å². The molecule has 2 aromatic rings. The first-order valence-corrected chi connectivity index (χ1v) is 7.92. The zero-order chi connectivity index (χ0) is 15.8. The lowest BCUT2D eigenvalue weighted by atomic mass is 10.2. The largest absolute Gasteiger partial charge is 0.279 e. The van der Waals surface area contributed by atoms with E-state index in [4.69, 9.17) is 0 Å². The van der Waals surface area contributed by atoms with Crippen molar-refractivity contribution in [2.24, 2.45) is 0 Å². The van der Waals surface area contributed by atoms with E-state index in [-0.39, 0.29) is 10.2 Å². The summed E-state index contributed by atoms with van der Waals surface area (Å²) < 4.78 is 65.9. The van der Waals surface area contributed by atoms with Crippen molar-refractivity contribution in [1.82, 2.24) is 0 Å². The van der Waals surface area contributed by atoms with Crippen molar-refractivity contribution >= 4 is 31.6 Å². The van der Waals surface area contributed by atoms with Gasteiger partial charge in [-0.3, -0.25) is 4.72 Å². The SMILES string of the molecule is Cc1cc(Br)c(F)cc1NS(=O)(=O)c1ccc(F)c(F)c1. The van der Waals surface area contributed by atoms with Gasteiger partial charge in [-0.05, 0) is 58.7 Å². The predicted molar refractivity (Wildman–Crippen MR) is 76.0 cm³/mol. The average molecular weight is 380 g/mol. The topological polar surface area (TPSA) is 46.2 Å². The molecule has 0 bridgehead atoms. The quantitative estimate of drug-likeness (QED) is 0.876. The van der Waals surface area contributed by atoms with Crippen LogP contribution in [0.2, 0.25) is 0 Å². The summed E-state index contributed by atoms with van der Waals surface area (Å²) in [5.74, 6) is -3.08. The number of hydrogen-bond donors (Lipinski definition) is 1. The minimum absolute atomic E-state index is 0.0143. The first-order valence-electron chi connectivity index (χ1n) is 5.64. The number of sulfonamides is 1. The fourth-order valence-electron chi connectivity index (χ4n) is 1.60. The molecule has 0 aliphatic carbocycles. The van der Waals surface area contributed by atoms with E-state index in [1.54, 1.807) is 6.92 Å². The Balaban J connectivity index is 2.42. The first kappa shape index (κ1) is 15.8. The molecule has 3 nitrogen and oxygen atoms in total. The minimum Gasteiger partial charge on any atom is -0.279 e. The molecule has 0 fully saturated rings. The minimum atomic E-state index is -4.14. The van der Waals surface area contributed by atoms with Crippen molar-refractivity contribution in [3.05, 3.63) is 57.8 Å². The maximum absolute atomic E-state index is 13.5. The van der Waals surface area contributed by atoms with E-state index in [1.165, 1.54) is 6.07 Å². The zero-order valence-corrected chi connectivity index (χ0v) is 13.0. The third kappa shape index (κ3) is 3.38. The van der Waals surface area contributed by atoms with Crippen molar-refractivity contribution in [2.45, 2.75) is 11.8 Å². The monoisotopic (exact) mass is 379 g/mol. The lowest BCUT2D eigenvalue weighted by Crippen LogP contribution is -2.14. The number of benzene rings is 2. The van der Waals surface area contributed by atoms with Gasteiger partial charge in [0.2, 0.25) is 0 Å². The molecule has 0 heterocycles. The number of hydrogen-bond acceptors (Lipinski definition) is 2. The van der Waals surface area contributed by atoms with Gasteiger partial charge in [0, 0.05) is 0 Å². The third-order valence-corrected chi connectivity index (χ3v) is 4.68. The second-order valence-corrected chi connectivity index (χ2v) is 6.80. The van der Waals surface area contributed by atoms with E-state index in [0.29, 0.717) is 17.7 Å². The van der Waals surface area contributed by atoms with Gasteiger partial charge in [0.25, 0.3) is 10.0 Å². The number of nitrogens with one attached hydrogen (secondary N) is 1. The summed E-state index contributed by atoms with van der Waals surface area (Å²) in [5.41, 5.74) is 0.481. The molecule has 0 saturated heterocycles. The van der Waals surface area contributed by atoms with Crippen LogP contribution in [0.15, 0.2) is 39.7 Å². The maximum atomic E-state index is 13.5. The Kier molecular flexibility index (Phi) is 4.29. The van der Waals surface area contributed by atoms with Gasteiger partial charge in [-0.2, -0.15) is 0 Å². The van der Waals surface area contributed by atoms with Gasteiger partial charge in [0.1, 0.15) is 5.82 Å². The zero-order valence-electron chi connectivity index (χ0n) is 10.6. The summed E-state index contributed by atoms with van der Waals surface area (Å²) in [7, 11) is -4.14. The Morgan fingerprint density at radius 3 is 2.29 bits per heavy atom. The Labute approximate surface area is 128 Å². The van der Waals surface area contributed by atoms with Gasteiger partial charge in [-0.15, -0.1) is 0 Å². The Bertz CT molecular complexity index is 809. The summed E-state index contributed by atoms with van der Waals surface area (Å²) in [5, 5.41) is 0. The van der Waals surface area contributed by atoms with Crippen molar-refractivity contribution < 1.29 is 21.6 Å². The summed E-state index contributed by atoms with van der Waals surface area (Å²) in [6, 6.07) is 4.59.